The lowest BCUT2D eigenvalue weighted by molar-refractivity contribution is 0.324. The van der Waals surface area contributed by atoms with Crippen LogP contribution in [0.15, 0.2) is 46.6 Å². The first kappa shape index (κ1) is 21.8. The van der Waals surface area contributed by atoms with Crippen LogP contribution in [0, 0.1) is 0 Å². The minimum Gasteiger partial charge on any atom is -0.392 e. The van der Waals surface area contributed by atoms with E-state index in [0.29, 0.717) is 0 Å². The highest BCUT2D eigenvalue weighted by Gasteiger charge is 1.98. The lowest BCUT2D eigenvalue weighted by Gasteiger charge is -2.05. The zero-order valence-electron chi connectivity index (χ0n) is 15.0. The quantitative estimate of drug-likeness (QED) is 0.475. The number of allylic oxidation sites excluding steroid dienone is 5. The van der Waals surface area contributed by atoms with Crippen LogP contribution in [-0.2, 0) is 0 Å². The lowest BCUT2D eigenvalue weighted by atomic mass is 10.0. The van der Waals surface area contributed by atoms with Gasteiger partial charge in [0.1, 0.15) is 0 Å². The first-order chi connectivity index (χ1) is 11.0. The topological polar surface area (TPSA) is 60.7 Å². The molecule has 0 spiro atoms. The smallest absolute Gasteiger partial charge is 0.0641 e. The first-order valence-electron chi connectivity index (χ1n) is 8.50. The van der Waals surface area contributed by atoms with Crippen LogP contribution in [0.25, 0.3) is 0 Å². The van der Waals surface area contributed by atoms with E-state index in [0.717, 1.165) is 49.7 Å². The van der Waals surface area contributed by atoms with Gasteiger partial charge < -0.3 is 15.3 Å². The largest absolute Gasteiger partial charge is 0.392 e. The molecule has 0 aliphatic carbocycles. The SMILES string of the molecule is CC(C)=CCC/C(=C\CC/C(=C/CC/C(C)=C/CO)CO)CO. The number of rotatable bonds is 12. The normalized spacial score (nSPS) is 13.4. The minimum absolute atomic E-state index is 0.0861. The summed E-state index contributed by atoms with van der Waals surface area (Å²) in [6.45, 7) is 6.45. The van der Waals surface area contributed by atoms with Crippen molar-refractivity contribution >= 4 is 0 Å². The van der Waals surface area contributed by atoms with Gasteiger partial charge in [-0.2, -0.15) is 0 Å². The highest BCUT2D eigenvalue weighted by molar-refractivity contribution is 5.10. The van der Waals surface area contributed by atoms with Crippen LogP contribution in [0.4, 0.5) is 0 Å². The zero-order valence-corrected chi connectivity index (χ0v) is 15.0. The van der Waals surface area contributed by atoms with Gasteiger partial charge in [-0.05, 0) is 70.4 Å². The van der Waals surface area contributed by atoms with Crippen LogP contribution in [0.2, 0.25) is 0 Å². The highest BCUT2D eigenvalue weighted by Crippen LogP contribution is 2.13. The van der Waals surface area contributed by atoms with Gasteiger partial charge >= 0.3 is 0 Å². The fourth-order valence-corrected chi connectivity index (χ4v) is 2.26. The second-order valence-corrected chi connectivity index (χ2v) is 6.17. The molecular formula is C20H34O3. The lowest BCUT2D eigenvalue weighted by Crippen LogP contribution is -1.94. The van der Waals surface area contributed by atoms with Crippen molar-refractivity contribution in [3.8, 4) is 0 Å². The average molecular weight is 322 g/mol. The highest BCUT2D eigenvalue weighted by atomic mass is 16.3. The van der Waals surface area contributed by atoms with Gasteiger partial charge in [-0.1, -0.05) is 35.5 Å². The van der Waals surface area contributed by atoms with Crippen LogP contribution in [0.5, 0.6) is 0 Å². The molecule has 0 aliphatic heterocycles. The standard InChI is InChI=1S/C20H34O3/c1-17(2)7-4-9-19(15-22)11-6-12-20(16-23)10-5-8-18(3)13-14-21/h7,10-11,13,21-23H,4-6,8-9,12,14-16H2,1-3H3/b18-13+,19-11+,20-10-. The van der Waals surface area contributed by atoms with Gasteiger partial charge in [0.05, 0.1) is 19.8 Å². The molecule has 3 N–H and O–H groups in total. The predicted molar refractivity (Wildman–Crippen MR) is 98.3 cm³/mol. The molecule has 0 aliphatic rings. The van der Waals surface area contributed by atoms with E-state index in [1.165, 1.54) is 11.1 Å². The molecule has 0 saturated carbocycles. The summed E-state index contributed by atoms with van der Waals surface area (Å²) in [5.41, 5.74) is 4.59. The van der Waals surface area contributed by atoms with E-state index < -0.39 is 0 Å². The van der Waals surface area contributed by atoms with Crippen LogP contribution >= 0.6 is 0 Å². The van der Waals surface area contributed by atoms with Crippen molar-refractivity contribution in [3.63, 3.8) is 0 Å². The average Bonchev–Trinajstić information content (AvgIpc) is 2.51. The Kier molecular flexibility index (Phi) is 13.7. The molecule has 0 atom stereocenters. The van der Waals surface area contributed by atoms with Gasteiger partial charge in [0.15, 0.2) is 0 Å². The second-order valence-electron chi connectivity index (χ2n) is 6.17. The Morgan fingerprint density at radius 1 is 0.652 bits per heavy atom. The molecule has 0 aromatic heterocycles. The molecule has 0 heterocycles. The number of aliphatic hydroxyl groups is 3. The van der Waals surface area contributed by atoms with Crippen molar-refractivity contribution in [2.75, 3.05) is 19.8 Å². The van der Waals surface area contributed by atoms with E-state index in [1.54, 1.807) is 0 Å². The van der Waals surface area contributed by atoms with Crippen LogP contribution in [0.1, 0.15) is 59.3 Å². The third-order valence-corrected chi connectivity index (χ3v) is 3.73. The molecule has 0 saturated heterocycles. The molecule has 0 fully saturated rings. The van der Waals surface area contributed by atoms with Gasteiger partial charge in [0.2, 0.25) is 0 Å². The summed E-state index contributed by atoms with van der Waals surface area (Å²) in [6, 6.07) is 0. The van der Waals surface area contributed by atoms with Crippen LogP contribution in [0.3, 0.4) is 0 Å². The van der Waals surface area contributed by atoms with Crippen molar-refractivity contribution in [2.45, 2.75) is 59.3 Å². The molecule has 0 radical (unpaired) electrons. The van der Waals surface area contributed by atoms with Crippen LogP contribution < -0.4 is 0 Å². The Bertz CT molecular complexity index is 424. The van der Waals surface area contributed by atoms with E-state index in [2.05, 4.69) is 32.1 Å². The zero-order chi connectivity index (χ0) is 17.5. The summed E-state index contributed by atoms with van der Waals surface area (Å²) >= 11 is 0. The van der Waals surface area contributed by atoms with Crippen LogP contribution in [-0.4, -0.2) is 35.1 Å². The number of aliphatic hydroxyl groups excluding tert-OH is 3. The molecule has 0 aromatic carbocycles. The van der Waals surface area contributed by atoms with Crippen molar-refractivity contribution in [1.29, 1.82) is 0 Å². The maximum Gasteiger partial charge on any atom is 0.0641 e. The molecule has 3 heteroatoms. The predicted octanol–water partition coefficient (Wildman–Crippen LogP) is 4.07. The van der Waals surface area contributed by atoms with Crippen molar-refractivity contribution < 1.29 is 15.3 Å². The molecule has 23 heavy (non-hydrogen) atoms. The Morgan fingerprint density at radius 3 is 1.57 bits per heavy atom. The second kappa shape index (κ2) is 14.4. The summed E-state index contributed by atoms with van der Waals surface area (Å²) < 4.78 is 0. The molecule has 0 bridgehead atoms. The van der Waals surface area contributed by atoms with E-state index in [4.69, 9.17) is 5.11 Å². The summed E-state index contributed by atoms with van der Waals surface area (Å²) in [5, 5.41) is 27.6. The van der Waals surface area contributed by atoms with Gasteiger partial charge in [-0.3, -0.25) is 0 Å². The fourth-order valence-electron chi connectivity index (χ4n) is 2.26. The van der Waals surface area contributed by atoms with Gasteiger partial charge in [-0.25, -0.2) is 0 Å². The van der Waals surface area contributed by atoms with E-state index in [-0.39, 0.29) is 19.8 Å². The Morgan fingerprint density at radius 2 is 1.13 bits per heavy atom. The number of hydrogen-bond acceptors (Lipinski definition) is 3. The Balaban J connectivity index is 4.28. The third kappa shape index (κ3) is 13.0. The molecular weight excluding hydrogens is 288 g/mol. The Labute approximate surface area is 141 Å². The van der Waals surface area contributed by atoms with Gasteiger partial charge in [0, 0.05) is 0 Å². The van der Waals surface area contributed by atoms with E-state index in [9.17, 15) is 10.2 Å². The third-order valence-electron chi connectivity index (χ3n) is 3.73. The van der Waals surface area contributed by atoms with Gasteiger partial charge in [-0.15, -0.1) is 0 Å². The molecule has 0 rings (SSSR count). The van der Waals surface area contributed by atoms with Crippen molar-refractivity contribution in [1.82, 2.24) is 0 Å². The summed E-state index contributed by atoms with van der Waals surface area (Å²) in [4.78, 5) is 0. The maximum atomic E-state index is 9.42. The van der Waals surface area contributed by atoms with Crippen molar-refractivity contribution in [2.24, 2.45) is 0 Å². The molecule has 0 unspecified atom stereocenters. The monoisotopic (exact) mass is 322 g/mol. The van der Waals surface area contributed by atoms with Gasteiger partial charge in [0.25, 0.3) is 0 Å². The van der Waals surface area contributed by atoms with E-state index in [1.807, 2.05) is 13.0 Å². The Hall–Kier alpha value is -1.16. The molecule has 3 nitrogen and oxygen atoms in total. The fraction of sp³-hybridized carbons (Fsp3) is 0.600. The molecule has 0 amide bonds. The summed E-state index contributed by atoms with van der Waals surface area (Å²) in [5.74, 6) is 0. The summed E-state index contributed by atoms with van der Waals surface area (Å²) in [6.07, 6.45) is 13.5. The molecule has 132 valence electrons. The van der Waals surface area contributed by atoms with Crippen molar-refractivity contribution in [3.05, 3.63) is 46.6 Å². The molecule has 0 aromatic rings. The van der Waals surface area contributed by atoms with E-state index >= 15 is 0 Å². The summed E-state index contributed by atoms with van der Waals surface area (Å²) in [7, 11) is 0. The first-order valence-corrected chi connectivity index (χ1v) is 8.50. The maximum absolute atomic E-state index is 9.42. The minimum atomic E-state index is 0.0861. The number of hydrogen-bond donors (Lipinski definition) is 3.